The molecule has 1 aromatic carbocycles. The van der Waals surface area contributed by atoms with Crippen molar-refractivity contribution in [2.75, 3.05) is 0 Å². The molecule has 1 aromatic heterocycles. The molecule has 0 spiro atoms. The van der Waals surface area contributed by atoms with E-state index in [2.05, 4.69) is 4.98 Å². The maximum atomic E-state index is 13.1. The number of halogens is 4. The summed E-state index contributed by atoms with van der Waals surface area (Å²) in [5, 5.41) is 8.87. The van der Waals surface area contributed by atoms with Crippen LogP contribution >= 0.6 is 0 Å². The van der Waals surface area contributed by atoms with E-state index in [-0.39, 0.29) is 16.8 Å². The molecule has 0 amide bonds. The molecule has 3 nitrogen and oxygen atoms in total. The highest BCUT2D eigenvalue weighted by molar-refractivity contribution is 5.94. The van der Waals surface area contributed by atoms with Crippen LogP contribution in [0.5, 0.6) is 0 Å². The predicted molar refractivity (Wildman–Crippen MR) is 58.1 cm³/mol. The number of carbonyl (C=O) groups is 1. The number of rotatable bonds is 2. The molecule has 1 heterocycles. The Kier molecular flexibility index (Phi) is 3.05. The molecule has 2 N–H and O–H groups in total. The zero-order chi connectivity index (χ0) is 14.2. The first-order valence-corrected chi connectivity index (χ1v) is 5.08. The molecule has 100 valence electrons. The second kappa shape index (κ2) is 4.42. The number of carboxylic acid groups (broad SMARTS) is 1. The molecule has 19 heavy (non-hydrogen) atoms. The van der Waals surface area contributed by atoms with E-state index >= 15 is 0 Å². The molecule has 0 fully saturated rings. The maximum Gasteiger partial charge on any atom is 0.419 e. The number of aromatic nitrogens is 1. The molecular weight excluding hydrogens is 266 g/mol. The quantitative estimate of drug-likeness (QED) is 0.822. The SMILES string of the molecule is O=C(O)c1[nH]ccc1-c1ccc(F)c(C(F)(F)F)c1. The summed E-state index contributed by atoms with van der Waals surface area (Å²) in [6.45, 7) is 0. The van der Waals surface area contributed by atoms with Crippen LogP contribution < -0.4 is 0 Å². The van der Waals surface area contributed by atoms with Gasteiger partial charge >= 0.3 is 12.1 Å². The molecule has 0 aliphatic heterocycles. The van der Waals surface area contributed by atoms with Gasteiger partial charge in [0.1, 0.15) is 11.5 Å². The Morgan fingerprint density at radius 1 is 1.21 bits per heavy atom. The summed E-state index contributed by atoms with van der Waals surface area (Å²) in [4.78, 5) is 13.3. The van der Waals surface area contributed by atoms with Crippen LogP contribution in [0.1, 0.15) is 16.1 Å². The molecular formula is C12H7F4NO2. The minimum absolute atomic E-state index is 0.0209. The van der Waals surface area contributed by atoms with Gasteiger partial charge in [-0.15, -0.1) is 0 Å². The lowest BCUT2D eigenvalue weighted by atomic mass is 10.0. The number of carboxylic acids is 1. The van der Waals surface area contributed by atoms with Gasteiger partial charge in [-0.2, -0.15) is 13.2 Å². The van der Waals surface area contributed by atoms with E-state index in [9.17, 15) is 22.4 Å². The topological polar surface area (TPSA) is 53.1 Å². The van der Waals surface area contributed by atoms with Gasteiger partial charge in [0.05, 0.1) is 5.56 Å². The summed E-state index contributed by atoms with van der Waals surface area (Å²) < 4.78 is 50.8. The van der Waals surface area contributed by atoms with Crippen molar-refractivity contribution in [1.82, 2.24) is 4.98 Å². The van der Waals surface area contributed by atoms with E-state index in [1.165, 1.54) is 12.3 Å². The first kappa shape index (κ1) is 13.1. The predicted octanol–water partition coefficient (Wildman–Crippen LogP) is 3.54. The normalized spacial score (nSPS) is 11.6. The van der Waals surface area contributed by atoms with Gasteiger partial charge in [-0.3, -0.25) is 0 Å². The van der Waals surface area contributed by atoms with E-state index in [0.717, 1.165) is 6.07 Å². The number of hydrogen-bond donors (Lipinski definition) is 2. The lowest BCUT2D eigenvalue weighted by Gasteiger charge is -2.10. The third-order valence-electron chi connectivity index (χ3n) is 2.54. The number of aromatic amines is 1. The average molecular weight is 273 g/mol. The first-order valence-electron chi connectivity index (χ1n) is 5.08. The summed E-state index contributed by atoms with van der Waals surface area (Å²) in [6, 6.07) is 3.67. The van der Waals surface area contributed by atoms with Crippen molar-refractivity contribution >= 4 is 5.97 Å². The average Bonchev–Trinajstić information content (AvgIpc) is 2.77. The highest BCUT2D eigenvalue weighted by Gasteiger charge is 2.34. The molecule has 0 saturated heterocycles. The second-order valence-corrected chi connectivity index (χ2v) is 3.76. The van der Waals surface area contributed by atoms with Crippen molar-refractivity contribution in [2.45, 2.75) is 6.18 Å². The van der Waals surface area contributed by atoms with E-state index in [4.69, 9.17) is 5.11 Å². The Bertz CT molecular complexity index is 631. The number of alkyl halides is 3. The van der Waals surface area contributed by atoms with Crippen LogP contribution in [0.3, 0.4) is 0 Å². The molecule has 7 heteroatoms. The van der Waals surface area contributed by atoms with Gasteiger partial charge in [0.2, 0.25) is 0 Å². The molecule has 0 bridgehead atoms. The lowest BCUT2D eigenvalue weighted by molar-refractivity contribution is -0.139. The maximum absolute atomic E-state index is 13.1. The van der Waals surface area contributed by atoms with Crippen molar-refractivity contribution < 1.29 is 27.5 Å². The molecule has 0 aliphatic carbocycles. The number of benzene rings is 1. The fraction of sp³-hybridized carbons (Fsp3) is 0.0833. The van der Waals surface area contributed by atoms with Gasteiger partial charge in [-0.25, -0.2) is 9.18 Å². The van der Waals surface area contributed by atoms with Gasteiger partial charge in [0.25, 0.3) is 0 Å². The molecule has 0 unspecified atom stereocenters. The zero-order valence-electron chi connectivity index (χ0n) is 9.25. The third kappa shape index (κ3) is 2.44. The largest absolute Gasteiger partial charge is 0.477 e. The summed E-state index contributed by atoms with van der Waals surface area (Å²) in [7, 11) is 0. The minimum Gasteiger partial charge on any atom is -0.477 e. The van der Waals surface area contributed by atoms with Crippen molar-refractivity contribution in [1.29, 1.82) is 0 Å². The fourth-order valence-electron chi connectivity index (χ4n) is 1.70. The molecule has 0 atom stereocenters. The van der Waals surface area contributed by atoms with E-state index in [1.54, 1.807) is 0 Å². The zero-order valence-corrected chi connectivity index (χ0v) is 9.25. The molecule has 0 aliphatic rings. The molecule has 2 aromatic rings. The molecule has 0 radical (unpaired) electrons. The standard InChI is InChI=1S/C12H7F4NO2/c13-9-2-1-6(5-8(9)12(14,15)16)7-3-4-17-10(7)11(18)19/h1-5,17H,(H,18,19). The van der Waals surface area contributed by atoms with E-state index in [1.807, 2.05) is 0 Å². The Morgan fingerprint density at radius 2 is 1.89 bits per heavy atom. The Morgan fingerprint density at radius 3 is 2.47 bits per heavy atom. The van der Waals surface area contributed by atoms with Crippen LogP contribution in [-0.4, -0.2) is 16.1 Å². The van der Waals surface area contributed by atoms with Crippen LogP contribution in [0.25, 0.3) is 11.1 Å². The van der Waals surface area contributed by atoms with Gasteiger partial charge in [-0.05, 0) is 23.8 Å². The fourth-order valence-corrected chi connectivity index (χ4v) is 1.70. The summed E-state index contributed by atoms with van der Waals surface area (Å²) in [6.07, 6.45) is -3.55. The monoisotopic (exact) mass is 273 g/mol. The van der Waals surface area contributed by atoms with Crippen LogP contribution in [0.2, 0.25) is 0 Å². The highest BCUT2D eigenvalue weighted by atomic mass is 19.4. The summed E-state index contributed by atoms with van der Waals surface area (Å²) in [5.74, 6) is -2.71. The Hall–Kier alpha value is -2.31. The first-order chi connectivity index (χ1) is 8.80. The lowest BCUT2D eigenvalue weighted by Crippen LogP contribution is -2.08. The number of H-pyrrole nitrogens is 1. The van der Waals surface area contributed by atoms with E-state index < -0.39 is 23.5 Å². The van der Waals surface area contributed by atoms with Crippen molar-refractivity contribution in [3.05, 3.63) is 47.5 Å². The summed E-state index contributed by atoms with van der Waals surface area (Å²) >= 11 is 0. The highest BCUT2D eigenvalue weighted by Crippen LogP contribution is 2.34. The Balaban J connectivity index is 2.58. The van der Waals surface area contributed by atoms with Crippen LogP contribution in [0.15, 0.2) is 30.5 Å². The summed E-state index contributed by atoms with van der Waals surface area (Å²) in [5.41, 5.74) is -1.63. The van der Waals surface area contributed by atoms with Gasteiger partial charge in [-0.1, -0.05) is 6.07 Å². The van der Waals surface area contributed by atoms with Gasteiger partial charge in [0, 0.05) is 11.8 Å². The number of hydrogen-bond acceptors (Lipinski definition) is 1. The third-order valence-corrected chi connectivity index (χ3v) is 2.54. The van der Waals surface area contributed by atoms with Gasteiger partial charge in [0.15, 0.2) is 0 Å². The van der Waals surface area contributed by atoms with Gasteiger partial charge < -0.3 is 10.1 Å². The van der Waals surface area contributed by atoms with Crippen LogP contribution in [0.4, 0.5) is 17.6 Å². The van der Waals surface area contributed by atoms with Crippen molar-refractivity contribution in [3.8, 4) is 11.1 Å². The Labute approximate surface area is 104 Å². The second-order valence-electron chi connectivity index (χ2n) is 3.76. The van der Waals surface area contributed by atoms with Crippen LogP contribution in [-0.2, 0) is 6.18 Å². The van der Waals surface area contributed by atoms with E-state index in [0.29, 0.717) is 12.1 Å². The smallest absolute Gasteiger partial charge is 0.419 e. The number of nitrogens with one attached hydrogen (secondary N) is 1. The van der Waals surface area contributed by atoms with Crippen molar-refractivity contribution in [2.24, 2.45) is 0 Å². The molecule has 0 saturated carbocycles. The van der Waals surface area contributed by atoms with Crippen molar-refractivity contribution in [3.63, 3.8) is 0 Å². The minimum atomic E-state index is -4.83. The van der Waals surface area contributed by atoms with Crippen LogP contribution in [0, 0.1) is 5.82 Å². The molecule has 2 rings (SSSR count). The number of aromatic carboxylic acids is 1.